The number of nitrogens with zero attached hydrogens (tertiary/aromatic N) is 1. The maximum Gasteiger partial charge on any atom is 0.337 e. The molecule has 2 aliphatic heterocycles. The summed E-state index contributed by atoms with van der Waals surface area (Å²) in [6, 6.07) is 10.0. The second-order valence-corrected chi connectivity index (χ2v) is 6.47. The molecule has 2 aliphatic rings. The molecule has 1 atom stereocenters. The first-order valence-electron chi connectivity index (χ1n) is 7.67. The van der Waals surface area contributed by atoms with Crippen molar-refractivity contribution in [1.29, 1.82) is 0 Å². The summed E-state index contributed by atoms with van der Waals surface area (Å²) < 4.78 is 5.19. The third-order valence-corrected chi connectivity index (χ3v) is 4.95. The van der Waals surface area contributed by atoms with Gasteiger partial charge in [0.1, 0.15) is 6.61 Å². The number of nitrogens with one attached hydrogen (secondary N) is 1. The number of nitro groups is 1. The predicted octanol–water partition coefficient (Wildman–Crippen LogP) is 3.92. The second-order valence-electron chi connectivity index (χ2n) is 6.06. The molecule has 2 aromatic carbocycles. The highest BCUT2D eigenvalue weighted by molar-refractivity contribution is 6.31. The Morgan fingerprint density at radius 3 is 2.68 bits per heavy atom. The minimum absolute atomic E-state index is 0.00777. The number of fused-ring (bicyclic) bond motifs is 1. The predicted molar refractivity (Wildman–Crippen MR) is 92.7 cm³/mol. The molecular formula is C18H13ClN2O4. The number of cyclic esters (lactones) is 1. The molecule has 1 N–H and O–H groups in total. The summed E-state index contributed by atoms with van der Waals surface area (Å²) in [4.78, 5) is 22.7. The monoisotopic (exact) mass is 356 g/mol. The molecule has 0 aromatic heterocycles. The quantitative estimate of drug-likeness (QED) is 0.501. The van der Waals surface area contributed by atoms with E-state index < -0.39 is 4.92 Å². The summed E-state index contributed by atoms with van der Waals surface area (Å²) in [5.74, 6) is -0.720. The summed E-state index contributed by atoms with van der Waals surface area (Å²) in [6.45, 7) is 2.08. The molecule has 0 aliphatic carbocycles. The minimum atomic E-state index is -0.446. The van der Waals surface area contributed by atoms with Gasteiger partial charge in [0.05, 0.1) is 16.2 Å². The number of esters is 1. The zero-order valence-corrected chi connectivity index (χ0v) is 14.0. The van der Waals surface area contributed by atoms with Gasteiger partial charge in [0.2, 0.25) is 0 Å². The van der Waals surface area contributed by atoms with Crippen molar-refractivity contribution in [2.75, 3.05) is 11.9 Å². The average molecular weight is 357 g/mol. The molecule has 0 fully saturated rings. The number of ether oxygens (including phenoxy) is 1. The van der Waals surface area contributed by atoms with E-state index in [1.165, 1.54) is 12.1 Å². The van der Waals surface area contributed by atoms with Crippen LogP contribution in [0.5, 0.6) is 0 Å². The number of rotatable bonds is 2. The lowest BCUT2D eigenvalue weighted by Gasteiger charge is -2.28. The Labute approximate surface area is 148 Å². The summed E-state index contributed by atoms with van der Waals surface area (Å²) in [7, 11) is 0. The minimum Gasteiger partial charge on any atom is -0.456 e. The Bertz CT molecular complexity index is 950. The van der Waals surface area contributed by atoms with Crippen molar-refractivity contribution in [3.63, 3.8) is 0 Å². The molecule has 25 heavy (non-hydrogen) atoms. The van der Waals surface area contributed by atoms with Crippen LogP contribution in [0.1, 0.15) is 22.6 Å². The van der Waals surface area contributed by atoms with E-state index in [1.54, 1.807) is 12.1 Å². The van der Waals surface area contributed by atoms with E-state index in [1.807, 2.05) is 19.1 Å². The number of halogens is 1. The van der Waals surface area contributed by atoms with Crippen LogP contribution in [0.2, 0.25) is 5.02 Å². The van der Waals surface area contributed by atoms with Crippen molar-refractivity contribution >= 4 is 28.9 Å². The molecule has 7 heteroatoms. The molecule has 0 amide bonds. The summed E-state index contributed by atoms with van der Waals surface area (Å²) >= 11 is 6.24. The molecule has 0 saturated carbocycles. The summed E-state index contributed by atoms with van der Waals surface area (Å²) in [5, 5.41) is 14.8. The highest BCUT2D eigenvalue weighted by atomic mass is 35.5. The zero-order chi connectivity index (χ0) is 17.7. The fourth-order valence-corrected chi connectivity index (χ4v) is 3.48. The van der Waals surface area contributed by atoms with E-state index in [9.17, 15) is 14.9 Å². The largest absolute Gasteiger partial charge is 0.456 e. The van der Waals surface area contributed by atoms with Crippen molar-refractivity contribution < 1.29 is 14.5 Å². The Morgan fingerprint density at radius 1 is 1.28 bits per heavy atom. The maximum absolute atomic E-state index is 12.3. The van der Waals surface area contributed by atoms with Gasteiger partial charge in [0, 0.05) is 28.8 Å². The van der Waals surface area contributed by atoms with Gasteiger partial charge >= 0.3 is 5.97 Å². The Balaban J connectivity index is 1.90. The maximum atomic E-state index is 12.3. The van der Waals surface area contributed by atoms with E-state index in [0.29, 0.717) is 16.3 Å². The van der Waals surface area contributed by atoms with Gasteiger partial charge in [-0.15, -0.1) is 0 Å². The van der Waals surface area contributed by atoms with E-state index in [4.69, 9.17) is 16.3 Å². The van der Waals surface area contributed by atoms with Crippen molar-refractivity contribution in [2.45, 2.75) is 12.8 Å². The number of anilines is 1. The molecule has 126 valence electrons. The van der Waals surface area contributed by atoms with E-state index in [0.717, 1.165) is 22.4 Å². The van der Waals surface area contributed by atoms with Crippen molar-refractivity contribution in [1.82, 2.24) is 0 Å². The van der Waals surface area contributed by atoms with Gasteiger partial charge in [0.25, 0.3) is 5.69 Å². The number of carbonyl (C=O) groups excluding carboxylic acids is 1. The molecular weight excluding hydrogens is 344 g/mol. The molecule has 4 rings (SSSR count). The fourth-order valence-electron chi connectivity index (χ4n) is 3.32. The topological polar surface area (TPSA) is 81.5 Å². The third-order valence-electron chi connectivity index (χ3n) is 4.55. The third kappa shape index (κ3) is 2.46. The smallest absolute Gasteiger partial charge is 0.337 e. The Hall–Kier alpha value is -2.86. The number of hydrogen-bond donors (Lipinski definition) is 1. The van der Waals surface area contributed by atoms with Gasteiger partial charge in [-0.25, -0.2) is 4.79 Å². The number of carbonyl (C=O) groups is 1. The number of non-ortho nitro benzene ring substituents is 1. The number of benzene rings is 2. The fraction of sp³-hybridized carbons (Fsp3) is 0.167. The first kappa shape index (κ1) is 15.7. The normalized spacial score (nSPS) is 18.3. The highest BCUT2D eigenvalue weighted by Gasteiger charge is 2.38. The number of aryl methyl sites for hydroxylation is 1. The number of nitro benzene ring substituents is 1. The summed E-state index contributed by atoms with van der Waals surface area (Å²) in [5.41, 5.74) is 4.66. The molecule has 0 radical (unpaired) electrons. The lowest BCUT2D eigenvalue weighted by molar-refractivity contribution is -0.384. The van der Waals surface area contributed by atoms with Gasteiger partial charge in [0.15, 0.2) is 0 Å². The van der Waals surface area contributed by atoms with Crippen LogP contribution in [-0.2, 0) is 9.53 Å². The van der Waals surface area contributed by atoms with Crippen molar-refractivity contribution in [3.8, 4) is 0 Å². The first-order valence-corrected chi connectivity index (χ1v) is 8.05. The molecule has 0 saturated heterocycles. The van der Waals surface area contributed by atoms with Gasteiger partial charge in [-0.2, -0.15) is 0 Å². The molecule has 0 bridgehead atoms. The SMILES string of the molecule is Cc1cc2c(cc1Cl)NC1=C(C(=O)OC1)C2c1ccc([N+](=O)[O-])cc1. The molecule has 0 spiro atoms. The highest BCUT2D eigenvalue weighted by Crippen LogP contribution is 2.45. The van der Waals surface area contributed by atoms with Crippen LogP contribution in [0, 0.1) is 17.0 Å². The van der Waals surface area contributed by atoms with E-state index >= 15 is 0 Å². The Kier molecular flexibility index (Phi) is 3.51. The van der Waals surface area contributed by atoms with Crippen LogP contribution in [0.25, 0.3) is 0 Å². The van der Waals surface area contributed by atoms with Crippen LogP contribution in [-0.4, -0.2) is 17.5 Å². The molecule has 2 aromatic rings. The number of hydrogen-bond acceptors (Lipinski definition) is 5. The molecule has 1 unspecified atom stereocenters. The van der Waals surface area contributed by atoms with Gasteiger partial charge in [-0.3, -0.25) is 10.1 Å². The Morgan fingerprint density at radius 2 is 2.00 bits per heavy atom. The molecule has 2 heterocycles. The van der Waals surface area contributed by atoms with Gasteiger partial charge in [-0.1, -0.05) is 29.8 Å². The van der Waals surface area contributed by atoms with Crippen molar-refractivity contribution in [3.05, 3.63) is 79.5 Å². The first-order chi connectivity index (χ1) is 12.0. The van der Waals surface area contributed by atoms with Crippen LogP contribution >= 0.6 is 11.6 Å². The van der Waals surface area contributed by atoms with Crippen LogP contribution in [0.3, 0.4) is 0 Å². The van der Waals surface area contributed by atoms with Gasteiger partial charge < -0.3 is 10.1 Å². The van der Waals surface area contributed by atoms with Crippen molar-refractivity contribution in [2.24, 2.45) is 0 Å². The van der Waals surface area contributed by atoms with Crippen LogP contribution in [0.4, 0.5) is 11.4 Å². The standard InChI is InChI=1S/C18H13ClN2O4/c1-9-6-12-14(7-13(9)19)20-15-8-25-18(22)17(15)16(12)10-2-4-11(5-3-10)21(23)24/h2-7,16,20H,8H2,1H3. The van der Waals surface area contributed by atoms with E-state index in [2.05, 4.69) is 5.32 Å². The average Bonchev–Trinajstić information content (AvgIpc) is 2.95. The summed E-state index contributed by atoms with van der Waals surface area (Å²) in [6.07, 6.45) is 0. The zero-order valence-electron chi connectivity index (χ0n) is 13.2. The van der Waals surface area contributed by atoms with Gasteiger partial charge in [-0.05, 0) is 29.7 Å². The van der Waals surface area contributed by atoms with Crippen LogP contribution in [0.15, 0.2) is 47.7 Å². The lowest BCUT2D eigenvalue weighted by Crippen LogP contribution is -2.20. The molecule has 6 nitrogen and oxygen atoms in total. The van der Waals surface area contributed by atoms with Crippen LogP contribution < -0.4 is 5.32 Å². The second kappa shape index (κ2) is 5.60. The van der Waals surface area contributed by atoms with E-state index in [-0.39, 0.29) is 24.2 Å². The lowest BCUT2D eigenvalue weighted by atomic mass is 9.80.